The van der Waals surface area contributed by atoms with Gasteiger partial charge in [-0.3, -0.25) is 0 Å². The van der Waals surface area contributed by atoms with Crippen LogP contribution in [0.3, 0.4) is 0 Å². The smallest absolute Gasteiger partial charge is 0.0632 e. The second kappa shape index (κ2) is 4.12. The lowest BCUT2D eigenvalue weighted by molar-refractivity contribution is -0.310. The van der Waals surface area contributed by atoms with E-state index in [-0.39, 0.29) is 17.4 Å². The Kier molecular flexibility index (Phi) is 3.44. The maximum Gasteiger partial charge on any atom is 0.0632 e. The van der Waals surface area contributed by atoms with Gasteiger partial charge in [-0.15, -0.1) is 0 Å². The summed E-state index contributed by atoms with van der Waals surface area (Å²) < 4.78 is 5.64. The molecule has 1 rings (SSSR count). The molecule has 0 aromatic heterocycles. The Labute approximate surface area is 91.8 Å². The van der Waals surface area contributed by atoms with Crippen molar-refractivity contribution in [1.82, 2.24) is 0 Å². The zero-order valence-electron chi connectivity index (χ0n) is 10.1. The minimum Gasteiger partial charge on any atom is -0.550 e. The zero-order chi connectivity index (χ0) is 11.7. The van der Waals surface area contributed by atoms with Gasteiger partial charge in [-0.2, -0.15) is 0 Å². The van der Waals surface area contributed by atoms with Crippen molar-refractivity contribution in [1.29, 1.82) is 0 Å². The lowest BCUT2D eigenvalue weighted by Gasteiger charge is -2.48. The molecule has 0 amide bonds. The summed E-state index contributed by atoms with van der Waals surface area (Å²) in [5.41, 5.74) is -0.363. The van der Waals surface area contributed by atoms with Crippen molar-refractivity contribution >= 4 is 5.97 Å². The third-order valence-corrected chi connectivity index (χ3v) is 3.59. The van der Waals surface area contributed by atoms with Crippen LogP contribution in [0.25, 0.3) is 0 Å². The highest BCUT2D eigenvalue weighted by Gasteiger charge is 2.42. The fourth-order valence-corrected chi connectivity index (χ4v) is 2.65. The van der Waals surface area contributed by atoms with Gasteiger partial charge >= 0.3 is 0 Å². The number of rotatable bonds is 3. The SMILES string of the molecule is CC(C)[C@@]1(CC(=O)[O-])CCOC(C)(C)C1. The van der Waals surface area contributed by atoms with Crippen LogP contribution in [0.1, 0.15) is 47.0 Å². The topological polar surface area (TPSA) is 49.4 Å². The van der Waals surface area contributed by atoms with E-state index in [0.29, 0.717) is 12.5 Å². The average Bonchev–Trinajstić information content (AvgIpc) is 1.99. The van der Waals surface area contributed by atoms with Crippen molar-refractivity contribution in [3.8, 4) is 0 Å². The summed E-state index contributed by atoms with van der Waals surface area (Å²) in [6.45, 7) is 8.88. The molecule has 15 heavy (non-hydrogen) atoms. The first-order valence-electron chi connectivity index (χ1n) is 5.61. The zero-order valence-corrected chi connectivity index (χ0v) is 10.1. The minimum absolute atomic E-state index is 0.150. The highest BCUT2D eigenvalue weighted by Crippen LogP contribution is 2.46. The van der Waals surface area contributed by atoms with E-state index in [1.54, 1.807) is 0 Å². The van der Waals surface area contributed by atoms with E-state index >= 15 is 0 Å². The van der Waals surface area contributed by atoms with Gasteiger partial charge in [0.2, 0.25) is 0 Å². The first-order valence-corrected chi connectivity index (χ1v) is 5.61. The Morgan fingerprint density at radius 3 is 2.47 bits per heavy atom. The molecule has 0 unspecified atom stereocenters. The van der Waals surface area contributed by atoms with E-state index < -0.39 is 5.97 Å². The number of carboxylic acid groups (broad SMARTS) is 1. The number of aliphatic carboxylic acids is 1. The van der Waals surface area contributed by atoms with Crippen LogP contribution in [-0.4, -0.2) is 18.2 Å². The van der Waals surface area contributed by atoms with Gasteiger partial charge in [-0.05, 0) is 44.4 Å². The van der Waals surface area contributed by atoms with Crippen molar-refractivity contribution in [2.75, 3.05) is 6.61 Å². The molecule has 0 N–H and O–H groups in total. The highest BCUT2D eigenvalue weighted by atomic mass is 16.5. The monoisotopic (exact) mass is 213 g/mol. The third-order valence-electron chi connectivity index (χ3n) is 3.59. The summed E-state index contributed by atoms with van der Waals surface area (Å²) in [6.07, 6.45) is 1.77. The molecule has 0 aromatic rings. The normalized spacial score (nSPS) is 30.5. The van der Waals surface area contributed by atoms with E-state index in [9.17, 15) is 9.90 Å². The molecule has 0 aromatic carbocycles. The maximum absolute atomic E-state index is 10.8. The number of carboxylic acids is 1. The van der Waals surface area contributed by atoms with Gasteiger partial charge in [0.1, 0.15) is 0 Å². The van der Waals surface area contributed by atoms with Crippen LogP contribution in [0.5, 0.6) is 0 Å². The summed E-state index contributed by atoms with van der Waals surface area (Å²) >= 11 is 0. The van der Waals surface area contributed by atoms with E-state index in [4.69, 9.17) is 4.74 Å². The van der Waals surface area contributed by atoms with Gasteiger partial charge in [0, 0.05) is 12.6 Å². The highest BCUT2D eigenvalue weighted by molar-refractivity contribution is 5.65. The number of ether oxygens (including phenoxy) is 1. The molecule has 0 spiro atoms. The van der Waals surface area contributed by atoms with Crippen LogP contribution in [0.4, 0.5) is 0 Å². The van der Waals surface area contributed by atoms with Gasteiger partial charge in [0.15, 0.2) is 0 Å². The van der Waals surface area contributed by atoms with Crippen LogP contribution >= 0.6 is 0 Å². The summed E-state index contributed by atoms with van der Waals surface area (Å²) in [5, 5.41) is 10.8. The van der Waals surface area contributed by atoms with Crippen LogP contribution in [-0.2, 0) is 9.53 Å². The van der Waals surface area contributed by atoms with Crippen molar-refractivity contribution in [3.05, 3.63) is 0 Å². The van der Waals surface area contributed by atoms with Crippen LogP contribution in [0.2, 0.25) is 0 Å². The van der Waals surface area contributed by atoms with Gasteiger partial charge < -0.3 is 14.6 Å². The van der Waals surface area contributed by atoms with E-state index in [0.717, 1.165) is 12.8 Å². The van der Waals surface area contributed by atoms with E-state index in [1.165, 1.54) is 0 Å². The standard InChI is InChI=1S/C12H22O3/c1-9(2)12(7-10(13)14)5-6-15-11(3,4)8-12/h9H,5-8H2,1-4H3,(H,13,14)/p-1/t12-/m1/s1. The quantitative estimate of drug-likeness (QED) is 0.711. The Morgan fingerprint density at radius 1 is 1.47 bits per heavy atom. The second-order valence-corrected chi connectivity index (χ2v) is 5.60. The molecule has 1 heterocycles. The van der Waals surface area contributed by atoms with Crippen molar-refractivity contribution in [2.45, 2.75) is 52.6 Å². The first-order chi connectivity index (χ1) is 6.77. The molecule has 88 valence electrons. The molecule has 1 saturated heterocycles. The molecule has 3 nitrogen and oxygen atoms in total. The van der Waals surface area contributed by atoms with Crippen molar-refractivity contribution in [3.63, 3.8) is 0 Å². The van der Waals surface area contributed by atoms with Gasteiger partial charge in [-0.1, -0.05) is 13.8 Å². The predicted octanol–water partition coefficient (Wildman–Crippen LogP) is 1.36. The fraction of sp³-hybridized carbons (Fsp3) is 0.917. The molecule has 0 aliphatic carbocycles. The van der Waals surface area contributed by atoms with Crippen LogP contribution in [0, 0.1) is 11.3 Å². The summed E-state index contributed by atoms with van der Waals surface area (Å²) in [4.78, 5) is 10.8. The summed E-state index contributed by atoms with van der Waals surface area (Å²) in [7, 11) is 0. The number of carbonyl (C=O) groups is 1. The van der Waals surface area contributed by atoms with Crippen LogP contribution < -0.4 is 5.11 Å². The molecule has 0 bridgehead atoms. The maximum atomic E-state index is 10.8. The number of hydrogen-bond donors (Lipinski definition) is 0. The molecular formula is C12H21O3-. The minimum atomic E-state index is -0.943. The fourth-order valence-electron chi connectivity index (χ4n) is 2.65. The largest absolute Gasteiger partial charge is 0.550 e. The predicted molar refractivity (Wildman–Crippen MR) is 56.2 cm³/mol. The molecule has 0 saturated carbocycles. The second-order valence-electron chi connectivity index (χ2n) is 5.60. The molecule has 3 heteroatoms. The molecule has 1 aliphatic heterocycles. The molecule has 1 aliphatic rings. The van der Waals surface area contributed by atoms with Crippen molar-refractivity contribution < 1.29 is 14.6 Å². The molecule has 0 radical (unpaired) electrons. The Bertz CT molecular complexity index is 245. The Morgan fingerprint density at radius 2 is 2.07 bits per heavy atom. The first kappa shape index (κ1) is 12.5. The van der Waals surface area contributed by atoms with Gasteiger partial charge in [-0.25, -0.2) is 0 Å². The number of hydrogen-bond acceptors (Lipinski definition) is 3. The Balaban J connectivity index is 2.85. The lowest BCUT2D eigenvalue weighted by Crippen LogP contribution is -2.46. The van der Waals surface area contributed by atoms with E-state index in [2.05, 4.69) is 13.8 Å². The summed E-state index contributed by atoms with van der Waals surface area (Å²) in [6, 6.07) is 0. The van der Waals surface area contributed by atoms with Gasteiger partial charge in [0.05, 0.1) is 5.60 Å². The van der Waals surface area contributed by atoms with E-state index in [1.807, 2.05) is 13.8 Å². The van der Waals surface area contributed by atoms with Crippen molar-refractivity contribution in [2.24, 2.45) is 11.3 Å². The number of carbonyl (C=O) groups excluding carboxylic acids is 1. The lowest BCUT2D eigenvalue weighted by atomic mass is 9.65. The Hall–Kier alpha value is -0.570. The van der Waals surface area contributed by atoms with Gasteiger partial charge in [0.25, 0.3) is 0 Å². The summed E-state index contributed by atoms with van der Waals surface area (Å²) in [5.74, 6) is -0.597. The molecule has 1 atom stereocenters. The molecule has 1 fully saturated rings. The third kappa shape index (κ3) is 2.94. The van der Waals surface area contributed by atoms with Crippen LogP contribution in [0.15, 0.2) is 0 Å². The molecular weight excluding hydrogens is 192 g/mol. The average molecular weight is 213 g/mol.